The van der Waals surface area contributed by atoms with Crippen molar-refractivity contribution in [3.05, 3.63) is 57.3 Å². The predicted molar refractivity (Wildman–Crippen MR) is 73.9 cm³/mol. The molecule has 0 unspecified atom stereocenters. The zero-order chi connectivity index (χ0) is 15.6. The predicted octanol–water partition coefficient (Wildman–Crippen LogP) is 2.16. The molecule has 7 heteroatoms. The van der Waals surface area contributed by atoms with E-state index in [9.17, 15) is 25.1 Å². The molecule has 0 saturated heterocycles. The lowest BCUT2D eigenvalue weighted by Gasteiger charge is -2.11. The smallest absolute Gasteiger partial charge is 0.337 e. The lowest BCUT2D eigenvalue weighted by atomic mass is 9.96. The number of nitro benzene ring substituents is 1. The number of nitro groups is 1. The first-order valence-electron chi connectivity index (χ1n) is 6.03. The molecule has 0 spiro atoms. The van der Waals surface area contributed by atoms with E-state index in [1.54, 1.807) is 6.92 Å². The molecule has 0 atom stereocenters. The number of hydrogen-bond donors (Lipinski definition) is 2. The van der Waals surface area contributed by atoms with Crippen LogP contribution in [-0.4, -0.2) is 26.1 Å². The van der Waals surface area contributed by atoms with Crippen LogP contribution in [0.3, 0.4) is 0 Å². The van der Waals surface area contributed by atoms with Gasteiger partial charge in [-0.05, 0) is 19.1 Å². The highest BCUT2D eigenvalue weighted by Crippen LogP contribution is 2.33. The van der Waals surface area contributed by atoms with Gasteiger partial charge < -0.3 is 10.2 Å². The fourth-order valence-electron chi connectivity index (χ4n) is 2.18. The monoisotopic (exact) mass is 288 g/mol. The van der Waals surface area contributed by atoms with Crippen LogP contribution in [0.1, 0.15) is 21.5 Å². The largest absolute Gasteiger partial charge is 0.478 e. The van der Waals surface area contributed by atoms with E-state index in [0.29, 0.717) is 5.56 Å². The Morgan fingerprint density at radius 1 is 1.38 bits per heavy atom. The highest BCUT2D eigenvalue weighted by Gasteiger charge is 2.24. The maximum Gasteiger partial charge on any atom is 0.337 e. The molecule has 2 rings (SSSR count). The summed E-state index contributed by atoms with van der Waals surface area (Å²) in [7, 11) is 0. The van der Waals surface area contributed by atoms with E-state index in [1.807, 2.05) is 0 Å². The number of carbonyl (C=O) groups is 1. The summed E-state index contributed by atoms with van der Waals surface area (Å²) in [5.41, 5.74) is 0.481. The van der Waals surface area contributed by atoms with Crippen LogP contribution in [-0.2, 0) is 6.61 Å². The van der Waals surface area contributed by atoms with Crippen LogP contribution in [0.2, 0.25) is 0 Å². The summed E-state index contributed by atoms with van der Waals surface area (Å²) in [6, 6.07) is 5.86. The molecule has 1 heterocycles. The number of hydrogen-bond acceptors (Lipinski definition) is 5. The molecule has 0 amide bonds. The molecule has 108 valence electrons. The van der Waals surface area contributed by atoms with Gasteiger partial charge >= 0.3 is 5.97 Å². The quantitative estimate of drug-likeness (QED) is 0.658. The highest BCUT2D eigenvalue weighted by atomic mass is 16.6. The van der Waals surface area contributed by atoms with E-state index in [2.05, 4.69) is 4.98 Å². The van der Waals surface area contributed by atoms with Gasteiger partial charge in [0.25, 0.3) is 5.69 Å². The third-order valence-corrected chi connectivity index (χ3v) is 3.12. The molecule has 0 radical (unpaired) electrons. The summed E-state index contributed by atoms with van der Waals surface area (Å²) in [6.45, 7) is 0.973. The lowest BCUT2D eigenvalue weighted by molar-refractivity contribution is -0.386. The zero-order valence-electron chi connectivity index (χ0n) is 11.1. The number of rotatable bonds is 4. The molecule has 0 aliphatic rings. The Balaban J connectivity index is 2.80. The molecule has 0 saturated carbocycles. The van der Waals surface area contributed by atoms with Gasteiger partial charge in [0.05, 0.1) is 28.4 Å². The number of aryl methyl sites for hydroxylation is 1. The van der Waals surface area contributed by atoms with E-state index in [-0.39, 0.29) is 28.1 Å². The third kappa shape index (κ3) is 2.59. The van der Waals surface area contributed by atoms with Crippen molar-refractivity contribution < 1.29 is 19.9 Å². The average molecular weight is 288 g/mol. The summed E-state index contributed by atoms with van der Waals surface area (Å²) in [6.07, 6.45) is 1.40. The Kier molecular flexibility index (Phi) is 3.95. The number of aromatic nitrogens is 1. The second-order valence-electron chi connectivity index (χ2n) is 4.38. The van der Waals surface area contributed by atoms with Crippen molar-refractivity contribution in [3.8, 4) is 11.3 Å². The van der Waals surface area contributed by atoms with E-state index in [1.165, 1.54) is 30.5 Å². The summed E-state index contributed by atoms with van der Waals surface area (Å²) < 4.78 is 0. The summed E-state index contributed by atoms with van der Waals surface area (Å²) >= 11 is 0. The van der Waals surface area contributed by atoms with Gasteiger partial charge in [0.2, 0.25) is 0 Å². The van der Waals surface area contributed by atoms with Crippen molar-refractivity contribution in [2.75, 3.05) is 0 Å². The van der Waals surface area contributed by atoms with Crippen LogP contribution in [0.4, 0.5) is 5.69 Å². The zero-order valence-corrected chi connectivity index (χ0v) is 11.1. The van der Waals surface area contributed by atoms with Crippen LogP contribution >= 0.6 is 0 Å². The first-order chi connectivity index (χ1) is 9.97. The van der Waals surface area contributed by atoms with E-state index >= 15 is 0 Å². The average Bonchev–Trinajstić information content (AvgIpc) is 2.46. The number of carboxylic acids is 1. The lowest BCUT2D eigenvalue weighted by Crippen LogP contribution is -2.05. The van der Waals surface area contributed by atoms with Crippen molar-refractivity contribution in [3.63, 3.8) is 0 Å². The molecule has 0 fully saturated rings. The van der Waals surface area contributed by atoms with Crippen molar-refractivity contribution in [2.45, 2.75) is 13.5 Å². The molecule has 1 aromatic carbocycles. The van der Waals surface area contributed by atoms with Gasteiger partial charge in [-0.25, -0.2) is 4.79 Å². The first-order valence-corrected chi connectivity index (χ1v) is 6.03. The van der Waals surface area contributed by atoms with Crippen molar-refractivity contribution in [1.82, 2.24) is 4.98 Å². The van der Waals surface area contributed by atoms with Gasteiger partial charge in [-0.1, -0.05) is 12.1 Å². The van der Waals surface area contributed by atoms with Gasteiger partial charge in [0.15, 0.2) is 0 Å². The minimum absolute atomic E-state index is 0.0567. The van der Waals surface area contributed by atoms with Crippen LogP contribution in [0.15, 0.2) is 30.5 Å². The second-order valence-corrected chi connectivity index (χ2v) is 4.38. The number of benzene rings is 1. The number of aromatic carboxylic acids is 1. The molecule has 2 aromatic rings. The van der Waals surface area contributed by atoms with Crippen molar-refractivity contribution in [2.24, 2.45) is 0 Å². The molecular formula is C14H12N2O5. The Morgan fingerprint density at radius 3 is 2.67 bits per heavy atom. The molecule has 7 nitrogen and oxygen atoms in total. The second kappa shape index (κ2) is 5.68. The van der Waals surface area contributed by atoms with Crippen LogP contribution in [0.25, 0.3) is 11.3 Å². The first kappa shape index (κ1) is 14.6. The Hall–Kier alpha value is -2.80. The molecule has 2 N–H and O–H groups in total. The van der Waals surface area contributed by atoms with E-state index in [0.717, 1.165) is 0 Å². The number of pyridine rings is 1. The summed E-state index contributed by atoms with van der Waals surface area (Å²) in [5, 5.41) is 29.8. The highest BCUT2D eigenvalue weighted by molar-refractivity contribution is 5.95. The van der Waals surface area contributed by atoms with Crippen molar-refractivity contribution >= 4 is 11.7 Å². The third-order valence-electron chi connectivity index (χ3n) is 3.12. The number of aliphatic hydroxyl groups excluding tert-OH is 1. The van der Waals surface area contributed by atoms with Crippen LogP contribution in [0, 0.1) is 17.0 Å². The minimum Gasteiger partial charge on any atom is -0.478 e. The Bertz CT molecular complexity index is 727. The number of nitrogens with zero attached hydrogens (tertiary/aromatic N) is 2. The molecule has 1 aromatic heterocycles. The molecule has 0 bridgehead atoms. The molecule has 0 aliphatic heterocycles. The van der Waals surface area contributed by atoms with Gasteiger partial charge in [-0.3, -0.25) is 15.1 Å². The maximum atomic E-state index is 11.2. The van der Waals surface area contributed by atoms with Crippen LogP contribution in [0.5, 0.6) is 0 Å². The van der Waals surface area contributed by atoms with Gasteiger partial charge in [-0.2, -0.15) is 0 Å². The minimum atomic E-state index is -1.19. The number of carboxylic acid groups (broad SMARTS) is 1. The molecule has 0 aliphatic carbocycles. The fourth-order valence-corrected chi connectivity index (χ4v) is 2.18. The standard InChI is InChI=1S/C14H12N2O5/c1-8-4-5-9(11(7-17)13(8)16(20)21)12-10(14(18)19)3-2-6-15-12/h2-6,17H,7H2,1H3,(H,18,19). The van der Waals surface area contributed by atoms with Gasteiger partial charge in [0.1, 0.15) is 0 Å². The Labute approximate surface area is 119 Å². The molecular weight excluding hydrogens is 276 g/mol. The van der Waals surface area contributed by atoms with E-state index in [4.69, 9.17) is 0 Å². The van der Waals surface area contributed by atoms with Crippen LogP contribution < -0.4 is 0 Å². The molecule has 21 heavy (non-hydrogen) atoms. The topological polar surface area (TPSA) is 114 Å². The van der Waals surface area contributed by atoms with Gasteiger partial charge in [0, 0.05) is 17.3 Å². The number of aliphatic hydroxyl groups is 1. The summed E-state index contributed by atoms with van der Waals surface area (Å²) in [4.78, 5) is 25.8. The summed E-state index contributed by atoms with van der Waals surface area (Å²) in [5.74, 6) is -1.19. The Morgan fingerprint density at radius 2 is 2.10 bits per heavy atom. The maximum absolute atomic E-state index is 11.2. The fraction of sp³-hybridized carbons (Fsp3) is 0.143. The van der Waals surface area contributed by atoms with Crippen molar-refractivity contribution in [1.29, 1.82) is 0 Å². The SMILES string of the molecule is Cc1ccc(-c2ncccc2C(=O)O)c(CO)c1[N+](=O)[O-]. The van der Waals surface area contributed by atoms with E-state index < -0.39 is 17.5 Å². The normalized spacial score (nSPS) is 10.4. The van der Waals surface area contributed by atoms with Gasteiger partial charge in [-0.15, -0.1) is 0 Å².